The number of piperazine rings is 1. The van der Waals surface area contributed by atoms with Crippen LogP contribution in [0.25, 0.3) is 0 Å². The summed E-state index contributed by atoms with van der Waals surface area (Å²) in [4.78, 5) is 27.4. The van der Waals surface area contributed by atoms with Crippen LogP contribution in [-0.4, -0.2) is 101 Å². The number of benzene rings is 1. The molecule has 2 aromatic rings. The second-order valence-corrected chi connectivity index (χ2v) is 7.84. The topological polar surface area (TPSA) is 133 Å². The lowest BCUT2D eigenvalue weighted by Gasteiger charge is -2.35. The van der Waals surface area contributed by atoms with E-state index in [1.165, 1.54) is 0 Å². The lowest BCUT2D eigenvalue weighted by atomic mass is 10.2. The predicted octanol–water partition coefficient (Wildman–Crippen LogP) is 0.984. The van der Waals surface area contributed by atoms with Gasteiger partial charge in [0.2, 0.25) is 0 Å². The van der Waals surface area contributed by atoms with Crippen LogP contribution in [0.3, 0.4) is 0 Å². The van der Waals surface area contributed by atoms with Gasteiger partial charge in [0.15, 0.2) is 0 Å². The Balaban J connectivity index is 0.000000604. The first-order valence-electron chi connectivity index (χ1n) is 11.1. The highest BCUT2D eigenvalue weighted by atomic mass is 16.5. The standard InChI is InChI=1S/C22H31N3O3.C2H2O4/c1-27-22-7-5-19(6-8-22)17-28-18-21(26)16-25-14-12-24(13-15-25)11-9-20-4-2-3-10-23-20;3-1(4)2(5)6/h2-8,10,21,26H,9,11-18H2,1H3;(H,3,4)(H,5,6). The third-order valence-electron chi connectivity index (χ3n) is 5.27. The number of pyridine rings is 1. The van der Waals surface area contributed by atoms with Crippen molar-refractivity contribution in [3.8, 4) is 5.75 Å². The lowest BCUT2D eigenvalue weighted by molar-refractivity contribution is -0.159. The number of carboxylic acid groups (broad SMARTS) is 2. The summed E-state index contributed by atoms with van der Waals surface area (Å²) in [6.07, 6.45) is 2.38. The number of carboxylic acids is 2. The summed E-state index contributed by atoms with van der Waals surface area (Å²) >= 11 is 0. The number of ether oxygens (including phenoxy) is 2. The van der Waals surface area contributed by atoms with Gasteiger partial charge in [-0.3, -0.25) is 9.88 Å². The van der Waals surface area contributed by atoms with Crippen LogP contribution in [0.1, 0.15) is 11.3 Å². The first-order valence-corrected chi connectivity index (χ1v) is 11.1. The number of nitrogens with zero attached hydrogens (tertiary/aromatic N) is 3. The molecule has 0 spiro atoms. The van der Waals surface area contributed by atoms with Crippen LogP contribution in [0.15, 0.2) is 48.7 Å². The number of aliphatic hydroxyl groups excluding tert-OH is 1. The molecular formula is C24H33N3O7. The van der Waals surface area contributed by atoms with Crippen molar-refractivity contribution < 1.29 is 34.4 Å². The number of aliphatic hydroxyl groups is 1. The number of rotatable bonds is 10. The molecule has 0 saturated carbocycles. The van der Waals surface area contributed by atoms with Gasteiger partial charge in [0, 0.05) is 57.6 Å². The van der Waals surface area contributed by atoms with E-state index in [9.17, 15) is 5.11 Å². The van der Waals surface area contributed by atoms with Crippen molar-refractivity contribution >= 4 is 11.9 Å². The highest BCUT2D eigenvalue weighted by molar-refractivity contribution is 6.27. The molecule has 0 amide bonds. The van der Waals surface area contributed by atoms with Crippen LogP contribution in [0.2, 0.25) is 0 Å². The number of carbonyl (C=O) groups is 2. The van der Waals surface area contributed by atoms with Crippen molar-refractivity contribution in [3.05, 3.63) is 59.9 Å². The fourth-order valence-electron chi connectivity index (χ4n) is 3.40. The van der Waals surface area contributed by atoms with E-state index in [1.54, 1.807) is 7.11 Å². The fourth-order valence-corrected chi connectivity index (χ4v) is 3.40. The molecule has 34 heavy (non-hydrogen) atoms. The van der Waals surface area contributed by atoms with Crippen molar-refractivity contribution in [1.82, 2.24) is 14.8 Å². The molecule has 0 radical (unpaired) electrons. The molecule has 1 aromatic heterocycles. The molecule has 1 aliphatic rings. The van der Waals surface area contributed by atoms with Crippen LogP contribution in [0, 0.1) is 0 Å². The van der Waals surface area contributed by atoms with E-state index in [0.717, 1.165) is 56.2 Å². The van der Waals surface area contributed by atoms with Gasteiger partial charge in [-0.2, -0.15) is 0 Å². The number of aromatic nitrogens is 1. The van der Waals surface area contributed by atoms with Gasteiger partial charge in [-0.05, 0) is 29.8 Å². The van der Waals surface area contributed by atoms with Crippen LogP contribution in [-0.2, 0) is 27.4 Å². The zero-order valence-corrected chi connectivity index (χ0v) is 19.4. The van der Waals surface area contributed by atoms with Crippen molar-refractivity contribution in [2.45, 2.75) is 19.1 Å². The second-order valence-electron chi connectivity index (χ2n) is 7.84. The molecule has 1 fully saturated rings. The van der Waals surface area contributed by atoms with Gasteiger partial charge in [-0.1, -0.05) is 18.2 Å². The molecule has 3 N–H and O–H groups in total. The SMILES string of the molecule is COc1ccc(COCC(O)CN2CCN(CCc3ccccn3)CC2)cc1.O=C(O)C(=O)O. The maximum atomic E-state index is 10.3. The van der Waals surface area contributed by atoms with Crippen LogP contribution in [0.5, 0.6) is 5.75 Å². The van der Waals surface area contributed by atoms with Gasteiger partial charge in [0.05, 0.1) is 26.4 Å². The highest BCUT2D eigenvalue weighted by Gasteiger charge is 2.19. The van der Waals surface area contributed by atoms with E-state index in [1.807, 2.05) is 42.6 Å². The summed E-state index contributed by atoms with van der Waals surface area (Å²) in [6.45, 7) is 6.59. The first-order chi connectivity index (χ1) is 16.4. The van der Waals surface area contributed by atoms with Gasteiger partial charge in [0.1, 0.15) is 5.75 Å². The second kappa shape index (κ2) is 15.0. The molecule has 186 valence electrons. The van der Waals surface area contributed by atoms with Crippen LogP contribution in [0.4, 0.5) is 0 Å². The zero-order chi connectivity index (χ0) is 24.8. The van der Waals surface area contributed by atoms with E-state index in [-0.39, 0.29) is 0 Å². The molecule has 0 aliphatic carbocycles. The number of methoxy groups -OCH3 is 1. The largest absolute Gasteiger partial charge is 0.497 e. The lowest BCUT2D eigenvalue weighted by Crippen LogP contribution is -2.49. The molecule has 1 aromatic carbocycles. The summed E-state index contributed by atoms with van der Waals surface area (Å²) < 4.78 is 10.8. The van der Waals surface area contributed by atoms with E-state index >= 15 is 0 Å². The summed E-state index contributed by atoms with van der Waals surface area (Å²) in [5, 5.41) is 25.1. The third-order valence-corrected chi connectivity index (χ3v) is 5.27. The third kappa shape index (κ3) is 10.7. The fraction of sp³-hybridized carbons (Fsp3) is 0.458. The summed E-state index contributed by atoms with van der Waals surface area (Å²) in [7, 11) is 1.65. The Hall–Kier alpha value is -3.05. The quantitative estimate of drug-likeness (QED) is 0.427. The number of β-amino-alcohol motifs (C(OH)–C–C–N with tert-alkyl or cyclic N) is 1. The smallest absolute Gasteiger partial charge is 0.414 e. The van der Waals surface area contributed by atoms with Gasteiger partial charge >= 0.3 is 11.9 Å². The Labute approximate surface area is 199 Å². The first kappa shape index (κ1) is 27.2. The number of hydrogen-bond acceptors (Lipinski definition) is 8. The van der Waals surface area contributed by atoms with Gasteiger partial charge in [-0.15, -0.1) is 0 Å². The maximum absolute atomic E-state index is 10.3. The van der Waals surface area contributed by atoms with E-state index in [0.29, 0.717) is 19.8 Å². The van der Waals surface area contributed by atoms with Crippen molar-refractivity contribution in [2.75, 3.05) is 53.0 Å². The molecule has 10 heteroatoms. The monoisotopic (exact) mass is 475 g/mol. The molecular weight excluding hydrogens is 442 g/mol. The highest BCUT2D eigenvalue weighted by Crippen LogP contribution is 2.12. The predicted molar refractivity (Wildman–Crippen MR) is 125 cm³/mol. The summed E-state index contributed by atoms with van der Waals surface area (Å²) in [5.41, 5.74) is 2.23. The van der Waals surface area contributed by atoms with Crippen molar-refractivity contribution in [3.63, 3.8) is 0 Å². The molecule has 1 unspecified atom stereocenters. The van der Waals surface area contributed by atoms with Gasteiger partial charge in [-0.25, -0.2) is 9.59 Å². The molecule has 1 aliphatic heterocycles. The van der Waals surface area contributed by atoms with Crippen LogP contribution >= 0.6 is 0 Å². The average molecular weight is 476 g/mol. The Kier molecular flexibility index (Phi) is 12.0. The normalized spacial score (nSPS) is 15.1. The summed E-state index contributed by atoms with van der Waals surface area (Å²) in [5.74, 6) is -2.81. The van der Waals surface area contributed by atoms with E-state index < -0.39 is 18.0 Å². The molecule has 1 atom stereocenters. The van der Waals surface area contributed by atoms with Crippen molar-refractivity contribution in [1.29, 1.82) is 0 Å². The Morgan fingerprint density at radius 2 is 1.65 bits per heavy atom. The summed E-state index contributed by atoms with van der Waals surface area (Å²) in [6, 6.07) is 13.9. The van der Waals surface area contributed by atoms with E-state index in [2.05, 4.69) is 20.9 Å². The molecule has 2 heterocycles. The number of hydrogen-bond donors (Lipinski definition) is 3. The molecule has 1 saturated heterocycles. The Morgan fingerprint density at radius 3 is 2.21 bits per heavy atom. The van der Waals surface area contributed by atoms with E-state index in [4.69, 9.17) is 29.3 Å². The maximum Gasteiger partial charge on any atom is 0.414 e. The zero-order valence-electron chi connectivity index (χ0n) is 19.4. The average Bonchev–Trinajstić information content (AvgIpc) is 2.85. The Bertz CT molecular complexity index is 845. The minimum atomic E-state index is -1.82. The van der Waals surface area contributed by atoms with Gasteiger partial charge < -0.3 is 29.7 Å². The Morgan fingerprint density at radius 1 is 1.00 bits per heavy atom. The van der Waals surface area contributed by atoms with Crippen molar-refractivity contribution in [2.24, 2.45) is 0 Å². The number of aliphatic carboxylic acids is 2. The molecule has 0 bridgehead atoms. The molecule has 3 rings (SSSR count). The van der Waals surface area contributed by atoms with Gasteiger partial charge in [0.25, 0.3) is 0 Å². The minimum absolute atomic E-state index is 0.353. The molecule has 10 nitrogen and oxygen atoms in total. The van der Waals surface area contributed by atoms with Crippen LogP contribution < -0.4 is 4.74 Å². The minimum Gasteiger partial charge on any atom is -0.497 e.